The van der Waals surface area contributed by atoms with Gasteiger partial charge >= 0.3 is 6.03 Å². The molecular formula is C19H19ClN2O4. The molecule has 0 spiro atoms. The van der Waals surface area contributed by atoms with Gasteiger partial charge in [0.25, 0.3) is 5.91 Å². The summed E-state index contributed by atoms with van der Waals surface area (Å²) in [6, 6.07) is 14.6. The maximum Gasteiger partial charge on any atom is 0.332 e. The van der Waals surface area contributed by atoms with Gasteiger partial charge in [-0.3, -0.25) is 14.6 Å². The number of para-hydroxylation sites is 1. The molecule has 0 radical (unpaired) electrons. The lowest BCUT2D eigenvalue weighted by Crippen LogP contribution is -2.40. The monoisotopic (exact) mass is 374 g/mol. The summed E-state index contributed by atoms with van der Waals surface area (Å²) in [4.78, 5) is 27.6. The van der Waals surface area contributed by atoms with E-state index in [4.69, 9.17) is 16.3 Å². The Morgan fingerprint density at radius 1 is 1.12 bits per heavy atom. The zero-order valence-electron chi connectivity index (χ0n) is 14.2. The van der Waals surface area contributed by atoms with Crippen LogP contribution in [0, 0.1) is 0 Å². The Hall–Kier alpha value is -2.57. The van der Waals surface area contributed by atoms with Crippen molar-refractivity contribution in [3.8, 4) is 5.75 Å². The van der Waals surface area contributed by atoms with Gasteiger partial charge in [-0.05, 0) is 43.3 Å². The van der Waals surface area contributed by atoms with Gasteiger partial charge in [-0.1, -0.05) is 29.8 Å². The van der Waals surface area contributed by atoms with Gasteiger partial charge < -0.3 is 9.84 Å². The molecule has 7 heteroatoms. The van der Waals surface area contributed by atoms with Crippen LogP contribution in [0.1, 0.15) is 6.92 Å². The van der Waals surface area contributed by atoms with E-state index in [2.05, 4.69) is 0 Å². The minimum absolute atomic E-state index is 0.0432. The summed E-state index contributed by atoms with van der Waals surface area (Å²) in [5, 5.41) is 10.8. The highest BCUT2D eigenvalue weighted by atomic mass is 35.5. The fourth-order valence-electron chi connectivity index (χ4n) is 2.80. The van der Waals surface area contributed by atoms with E-state index in [1.54, 1.807) is 55.5 Å². The highest BCUT2D eigenvalue weighted by molar-refractivity contribution is 6.30. The zero-order chi connectivity index (χ0) is 18.7. The van der Waals surface area contributed by atoms with Crippen molar-refractivity contribution in [3.63, 3.8) is 0 Å². The lowest BCUT2D eigenvalue weighted by molar-refractivity contribution is -0.128. The standard InChI is InChI=1S/C19H19ClN2O4/c1-13-18(24)21(19(25)22(13)15-5-3-2-4-6-15)11-16(23)12-26-17-9-7-14(20)8-10-17/h2-10,13,16,23H,11-12H2,1H3/t13-,16+/m0/s1. The van der Waals surface area contributed by atoms with Gasteiger partial charge in [0.05, 0.1) is 6.54 Å². The Kier molecular flexibility index (Phi) is 5.44. The molecule has 136 valence electrons. The quantitative estimate of drug-likeness (QED) is 0.789. The van der Waals surface area contributed by atoms with E-state index in [1.165, 1.54) is 4.90 Å². The SMILES string of the molecule is C[C@H]1C(=O)N(C[C@@H](O)COc2ccc(Cl)cc2)C(=O)N1c1ccccc1. The molecule has 3 amide bonds. The number of aliphatic hydroxyl groups is 1. The first-order chi connectivity index (χ1) is 12.5. The smallest absolute Gasteiger partial charge is 0.332 e. The number of anilines is 1. The average molecular weight is 375 g/mol. The summed E-state index contributed by atoms with van der Waals surface area (Å²) in [5.41, 5.74) is 0.646. The molecule has 1 fully saturated rings. The number of rotatable bonds is 6. The molecule has 0 aromatic heterocycles. The van der Waals surface area contributed by atoms with Crippen LogP contribution in [0.4, 0.5) is 10.5 Å². The largest absolute Gasteiger partial charge is 0.491 e. The second-order valence-electron chi connectivity index (χ2n) is 6.03. The predicted molar refractivity (Wildman–Crippen MR) is 98.4 cm³/mol. The van der Waals surface area contributed by atoms with Gasteiger partial charge in [0.1, 0.15) is 24.5 Å². The molecule has 3 rings (SSSR count). The lowest BCUT2D eigenvalue weighted by Gasteiger charge is -2.20. The van der Waals surface area contributed by atoms with Crippen LogP contribution >= 0.6 is 11.6 Å². The molecule has 1 N–H and O–H groups in total. The summed E-state index contributed by atoms with van der Waals surface area (Å²) in [7, 11) is 0. The molecule has 26 heavy (non-hydrogen) atoms. The fourth-order valence-corrected chi connectivity index (χ4v) is 2.93. The van der Waals surface area contributed by atoms with E-state index in [9.17, 15) is 14.7 Å². The lowest BCUT2D eigenvalue weighted by atomic mass is 10.2. The normalized spacial score (nSPS) is 18.3. The average Bonchev–Trinajstić information content (AvgIpc) is 2.85. The minimum atomic E-state index is -0.999. The topological polar surface area (TPSA) is 70.1 Å². The molecule has 1 heterocycles. The third-order valence-electron chi connectivity index (χ3n) is 4.13. The third-order valence-corrected chi connectivity index (χ3v) is 4.38. The first kappa shape index (κ1) is 18.2. The number of urea groups is 1. The van der Waals surface area contributed by atoms with Gasteiger partial charge in [-0.15, -0.1) is 0 Å². The third kappa shape index (κ3) is 3.81. The number of hydrogen-bond donors (Lipinski definition) is 1. The first-order valence-electron chi connectivity index (χ1n) is 8.23. The number of amides is 3. The number of aliphatic hydroxyl groups excluding tert-OH is 1. The van der Waals surface area contributed by atoms with Crippen LogP contribution in [0.15, 0.2) is 54.6 Å². The predicted octanol–water partition coefficient (Wildman–Crippen LogP) is 2.94. The van der Waals surface area contributed by atoms with Crippen molar-refractivity contribution in [1.82, 2.24) is 4.90 Å². The van der Waals surface area contributed by atoms with E-state index >= 15 is 0 Å². The summed E-state index contributed by atoms with van der Waals surface area (Å²) in [5.74, 6) is 0.205. The Bertz CT molecular complexity index is 782. The highest BCUT2D eigenvalue weighted by Crippen LogP contribution is 2.25. The molecule has 1 aliphatic heterocycles. The van der Waals surface area contributed by atoms with Crippen molar-refractivity contribution in [2.24, 2.45) is 0 Å². The molecule has 0 saturated carbocycles. The molecule has 0 bridgehead atoms. The Morgan fingerprint density at radius 2 is 1.77 bits per heavy atom. The second kappa shape index (κ2) is 7.76. The maximum absolute atomic E-state index is 12.6. The number of carbonyl (C=O) groups is 2. The molecule has 0 aliphatic carbocycles. The van der Waals surface area contributed by atoms with Crippen LogP contribution in [-0.4, -0.2) is 47.2 Å². The number of β-amino-alcohol motifs (C(OH)–C–C–N with tert-alkyl or cyclic N) is 1. The van der Waals surface area contributed by atoms with Crippen molar-refractivity contribution in [2.75, 3.05) is 18.1 Å². The van der Waals surface area contributed by atoms with Crippen molar-refractivity contribution in [3.05, 3.63) is 59.6 Å². The second-order valence-corrected chi connectivity index (χ2v) is 6.47. The number of ether oxygens (including phenoxy) is 1. The van der Waals surface area contributed by atoms with Crippen molar-refractivity contribution in [1.29, 1.82) is 0 Å². The van der Waals surface area contributed by atoms with E-state index in [1.807, 2.05) is 6.07 Å². The summed E-state index contributed by atoms with van der Waals surface area (Å²) in [6.07, 6.45) is -0.999. The number of imide groups is 1. The number of carbonyl (C=O) groups excluding carboxylic acids is 2. The first-order valence-corrected chi connectivity index (χ1v) is 8.61. The van der Waals surface area contributed by atoms with E-state index < -0.39 is 18.2 Å². The number of halogens is 1. The zero-order valence-corrected chi connectivity index (χ0v) is 15.0. The molecule has 0 unspecified atom stereocenters. The molecular weight excluding hydrogens is 356 g/mol. The number of benzene rings is 2. The molecule has 2 atom stereocenters. The highest BCUT2D eigenvalue weighted by Gasteiger charge is 2.43. The van der Waals surface area contributed by atoms with Crippen LogP contribution in [-0.2, 0) is 4.79 Å². The molecule has 6 nitrogen and oxygen atoms in total. The van der Waals surface area contributed by atoms with Gasteiger partial charge in [0.15, 0.2) is 0 Å². The Morgan fingerprint density at radius 3 is 2.42 bits per heavy atom. The van der Waals surface area contributed by atoms with Crippen LogP contribution < -0.4 is 9.64 Å². The van der Waals surface area contributed by atoms with Crippen LogP contribution in [0.25, 0.3) is 0 Å². The van der Waals surface area contributed by atoms with Gasteiger partial charge in [-0.25, -0.2) is 4.79 Å². The van der Waals surface area contributed by atoms with Crippen LogP contribution in [0.3, 0.4) is 0 Å². The van der Waals surface area contributed by atoms with Crippen LogP contribution in [0.2, 0.25) is 5.02 Å². The summed E-state index contributed by atoms with van der Waals surface area (Å²) < 4.78 is 5.47. The van der Waals surface area contributed by atoms with Crippen molar-refractivity contribution in [2.45, 2.75) is 19.1 Å². The molecule has 1 saturated heterocycles. The number of nitrogens with zero attached hydrogens (tertiary/aromatic N) is 2. The minimum Gasteiger partial charge on any atom is -0.491 e. The molecule has 2 aromatic carbocycles. The van der Waals surface area contributed by atoms with Gasteiger partial charge in [0, 0.05) is 10.7 Å². The number of hydrogen-bond acceptors (Lipinski definition) is 4. The van der Waals surface area contributed by atoms with E-state index in [0.717, 1.165) is 4.90 Å². The Labute approximate surface area is 156 Å². The molecule has 1 aliphatic rings. The van der Waals surface area contributed by atoms with E-state index in [0.29, 0.717) is 16.5 Å². The van der Waals surface area contributed by atoms with Crippen molar-refractivity contribution < 1.29 is 19.4 Å². The summed E-state index contributed by atoms with van der Waals surface area (Å²) in [6.45, 7) is 1.50. The maximum atomic E-state index is 12.6. The van der Waals surface area contributed by atoms with Crippen molar-refractivity contribution >= 4 is 29.2 Å². The molecule has 2 aromatic rings. The van der Waals surface area contributed by atoms with Crippen LogP contribution in [0.5, 0.6) is 5.75 Å². The summed E-state index contributed by atoms with van der Waals surface area (Å²) >= 11 is 5.81. The van der Waals surface area contributed by atoms with Gasteiger partial charge in [-0.2, -0.15) is 0 Å². The Balaban J connectivity index is 1.62. The fraction of sp³-hybridized carbons (Fsp3) is 0.263. The van der Waals surface area contributed by atoms with Gasteiger partial charge in [0.2, 0.25) is 0 Å². The van der Waals surface area contributed by atoms with E-state index in [-0.39, 0.29) is 19.1 Å².